The van der Waals surface area contributed by atoms with E-state index in [0.717, 1.165) is 45.1 Å². The topological polar surface area (TPSA) is 69.6 Å². The third-order valence-corrected chi connectivity index (χ3v) is 5.10. The number of likely N-dealkylation sites (tertiary alicyclic amines) is 1. The molecule has 5 nitrogen and oxygen atoms in total. The number of hydrogen-bond acceptors (Lipinski definition) is 3. The van der Waals surface area contributed by atoms with Gasteiger partial charge in [-0.05, 0) is 44.1 Å². The van der Waals surface area contributed by atoms with Crippen LogP contribution in [0.4, 0.5) is 0 Å². The summed E-state index contributed by atoms with van der Waals surface area (Å²) in [7, 11) is 0. The molecule has 2 fully saturated rings. The minimum absolute atomic E-state index is 0.00188. The number of amides is 1. The van der Waals surface area contributed by atoms with E-state index in [9.17, 15) is 14.7 Å². The molecular weight excluding hydrogens is 268 g/mol. The van der Waals surface area contributed by atoms with Crippen LogP contribution in [0.25, 0.3) is 0 Å². The van der Waals surface area contributed by atoms with E-state index in [2.05, 4.69) is 12.2 Å². The molecule has 0 saturated carbocycles. The van der Waals surface area contributed by atoms with Gasteiger partial charge in [0.05, 0.1) is 5.54 Å². The molecule has 0 aromatic carbocycles. The van der Waals surface area contributed by atoms with Crippen LogP contribution >= 0.6 is 0 Å². The smallest absolute Gasteiger partial charge is 0.326 e. The molecule has 5 heteroatoms. The van der Waals surface area contributed by atoms with Gasteiger partial charge in [0, 0.05) is 6.54 Å². The highest BCUT2D eigenvalue weighted by Gasteiger charge is 2.50. The fourth-order valence-corrected chi connectivity index (χ4v) is 4.09. The number of rotatable bonds is 4. The van der Waals surface area contributed by atoms with E-state index in [4.69, 9.17) is 0 Å². The van der Waals surface area contributed by atoms with Gasteiger partial charge in [-0.15, -0.1) is 0 Å². The van der Waals surface area contributed by atoms with Gasteiger partial charge in [0.2, 0.25) is 5.91 Å². The molecule has 2 aliphatic rings. The quantitative estimate of drug-likeness (QED) is 0.832. The number of aliphatic carboxylic acids is 1. The van der Waals surface area contributed by atoms with Crippen LogP contribution in [0.2, 0.25) is 0 Å². The zero-order valence-corrected chi connectivity index (χ0v) is 13.4. The van der Waals surface area contributed by atoms with Crippen molar-refractivity contribution in [2.24, 2.45) is 5.41 Å². The number of carboxylic acid groups (broad SMARTS) is 1. The first kappa shape index (κ1) is 16.3. The van der Waals surface area contributed by atoms with Crippen molar-refractivity contribution < 1.29 is 14.7 Å². The third-order valence-electron chi connectivity index (χ3n) is 5.10. The molecule has 120 valence electrons. The number of carbonyl (C=O) groups is 2. The van der Waals surface area contributed by atoms with E-state index in [1.165, 1.54) is 0 Å². The number of nitrogens with one attached hydrogen (secondary N) is 1. The molecule has 0 aromatic rings. The summed E-state index contributed by atoms with van der Waals surface area (Å²) in [6.45, 7) is 7.40. The highest BCUT2D eigenvalue weighted by atomic mass is 16.4. The molecule has 2 rings (SSSR count). The van der Waals surface area contributed by atoms with E-state index in [1.807, 2.05) is 13.8 Å². The second-order valence-corrected chi connectivity index (χ2v) is 7.19. The Morgan fingerprint density at radius 2 is 2.00 bits per heavy atom. The summed E-state index contributed by atoms with van der Waals surface area (Å²) in [4.78, 5) is 26.5. The van der Waals surface area contributed by atoms with Crippen LogP contribution in [0.15, 0.2) is 0 Å². The predicted octanol–water partition coefficient (Wildman–Crippen LogP) is 2.01. The molecule has 0 aliphatic carbocycles. The summed E-state index contributed by atoms with van der Waals surface area (Å²) in [5.74, 6) is -0.875. The van der Waals surface area contributed by atoms with Crippen LogP contribution in [0.3, 0.4) is 0 Å². The fraction of sp³-hybridized carbons (Fsp3) is 0.875. The van der Waals surface area contributed by atoms with Crippen molar-refractivity contribution >= 4 is 11.9 Å². The number of nitrogens with zero attached hydrogens (tertiary/aromatic N) is 1. The van der Waals surface area contributed by atoms with Gasteiger partial charge in [-0.25, -0.2) is 4.79 Å². The zero-order valence-electron chi connectivity index (χ0n) is 13.4. The highest BCUT2D eigenvalue weighted by molar-refractivity contribution is 5.91. The fourth-order valence-electron chi connectivity index (χ4n) is 4.09. The SMILES string of the molecule is CCCC1(C(=O)N2CCCC(C)(C)C2C(=O)O)CCCN1. The molecule has 1 amide bonds. The number of piperidine rings is 1. The van der Waals surface area contributed by atoms with Crippen molar-refractivity contribution in [3.8, 4) is 0 Å². The van der Waals surface area contributed by atoms with Gasteiger partial charge >= 0.3 is 5.97 Å². The standard InChI is InChI=1S/C16H28N2O3/c1-4-7-16(9-5-10-17-16)14(21)18-11-6-8-15(2,3)12(18)13(19)20/h12,17H,4-11H2,1-3H3,(H,19,20). The van der Waals surface area contributed by atoms with Crippen molar-refractivity contribution in [3.05, 3.63) is 0 Å². The molecule has 2 unspecified atom stereocenters. The minimum atomic E-state index is -0.877. The largest absolute Gasteiger partial charge is 0.480 e. The Kier molecular flexibility index (Phi) is 4.61. The Bertz CT molecular complexity index is 414. The average Bonchev–Trinajstić information content (AvgIpc) is 2.86. The Morgan fingerprint density at radius 3 is 2.52 bits per heavy atom. The third kappa shape index (κ3) is 2.93. The number of carboxylic acids is 1. The molecule has 2 saturated heterocycles. The summed E-state index contributed by atoms with van der Waals surface area (Å²) in [6, 6.07) is -0.713. The van der Waals surface area contributed by atoms with Gasteiger partial charge in [0.25, 0.3) is 0 Å². The van der Waals surface area contributed by atoms with Gasteiger partial charge in [-0.2, -0.15) is 0 Å². The molecule has 2 aliphatic heterocycles. The van der Waals surface area contributed by atoms with Crippen molar-refractivity contribution in [2.75, 3.05) is 13.1 Å². The van der Waals surface area contributed by atoms with E-state index < -0.39 is 17.6 Å². The second kappa shape index (κ2) is 5.95. The zero-order chi connectivity index (χ0) is 15.7. The van der Waals surface area contributed by atoms with Crippen LogP contribution in [-0.2, 0) is 9.59 Å². The first-order valence-corrected chi connectivity index (χ1v) is 8.13. The highest BCUT2D eigenvalue weighted by Crippen LogP contribution is 2.38. The Hall–Kier alpha value is -1.10. The Labute approximate surface area is 127 Å². The normalized spacial score (nSPS) is 32.1. The maximum absolute atomic E-state index is 13.1. The first-order valence-electron chi connectivity index (χ1n) is 8.13. The molecule has 0 aromatic heterocycles. The monoisotopic (exact) mass is 296 g/mol. The van der Waals surface area contributed by atoms with Gasteiger partial charge in [-0.3, -0.25) is 4.79 Å². The van der Waals surface area contributed by atoms with Crippen molar-refractivity contribution in [1.29, 1.82) is 0 Å². The lowest BCUT2D eigenvalue weighted by atomic mass is 9.75. The van der Waals surface area contributed by atoms with E-state index in [-0.39, 0.29) is 11.3 Å². The predicted molar refractivity (Wildman–Crippen MR) is 81.0 cm³/mol. The molecule has 2 atom stereocenters. The molecule has 0 bridgehead atoms. The van der Waals surface area contributed by atoms with Crippen molar-refractivity contribution in [2.45, 2.75) is 70.9 Å². The van der Waals surface area contributed by atoms with Gasteiger partial charge in [-0.1, -0.05) is 27.2 Å². The Balaban J connectivity index is 2.29. The molecule has 2 N–H and O–H groups in total. The average molecular weight is 296 g/mol. The van der Waals surface area contributed by atoms with Crippen molar-refractivity contribution in [3.63, 3.8) is 0 Å². The summed E-state index contributed by atoms with van der Waals surface area (Å²) in [5, 5.41) is 13.0. The van der Waals surface area contributed by atoms with E-state index in [1.54, 1.807) is 4.90 Å². The molecule has 2 heterocycles. The van der Waals surface area contributed by atoms with E-state index >= 15 is 0 Å². The van der Waals surface area contributed by atoms with Crippen LogP contribution in [-0.4, -0.2) is 46.6 Å². The minimum Gasteiger partial charge on any atom is -0.480 e. The second-order valence-electron chi connectivity index (χ2n) is 7.19. The lowest BCUT2D eigenvalue weighted by molar-refractivity contribution is -0.162. The van der Waals surface area contributed by atoms with Gasteiger partial charge in [0.15, 0.2) is 0 Å². The van der Waals surface area contributed by atoms with E-state index in [0.29, 0.717) is 6.54 Å². The number of carbonyl (C=O) groups excluding carboxylic acids is 1. The van der Waals surface area contributed by atoms with Gasteiger partial charge < -0.3 is 15.3 Å². The van der Waals surface area contributed by atoms with Crippen LogP contribution in [0.1, 0.15) is 59.3 Å². The maximum Gasteiger partial charge on any atom is 0.326 e. The maximum atomic E-state index is 13.1. The Morgan fingerprint density at radius 1 is 1.29 bits per heavy atom. The van der Waals surface area contributed by atoms with Crippen LogP contribution in [0.5, 0.6) is 0 Å². The van der Waals surface area contributed by atoms with Crippen LogP contribution < -0.4 is 5.32 Å². The van der Waals surface area contributed by atoms with Gasteiger partial charge in [0.1, 0.15) is 6.04 Å². The summed E-state index contributed by atoms with van der Waals surface area (Å²) in [5.41, 5.74) is -0.901. The molecule has 0 radical (unpaired) electrons. The van der Waals surface area contributed by atoms with Crippen molar-refractivity contribution in [1.82, 2.24) is 10.2 Å². The summed E-state index contributed by atoms with van der Waals surface area (Å²) < 4.78 is 0. The first-order chi connectivity index (χ1) is 9.84. The number of hydrogen-bond donors (Lipinski definition) is 2. The molecular formula is C16H28N2O3. The lowest BCUT2D eigenvalue weighted by Crippen LogP contribution is -2.63. The lowest BCUT2D eigenvalue weighted by Gasteiger charge is -2.47. The summed E-state index contributed by atoms with van der Waals surface area (Å²) in [6.07, 6.45) is 5.25. The summed E-state index contributed by atoms with van der Waals surface area (Å²) >= 11 is 0. The van der Waals surface area contributed by atoms with Crippen LogP contribution in [0, 0.1) is 5.41 Å². The molecule has 21 heavy (non-hydrogen) atoms. The molecule has 0 spiro atoms.